The third kappa shape index (κ3) is 7.15. The fourth-order valence-corrected chi connectivity index (χ4v) is 8.61. The minimum atomic E-state index is -1.16. The third-order valence-electron chi connectivity index (χ3n) is 11.1. The molecule has 272 valence electrons. The molecule has 0 N–H and O–H groups in total. The summed E-state index contributed by atoms with van der Waals surface area (Å²) in [6.45, 7) is 17.0. The summed E-state index contributed by atoms with van der Waals surface area (Å²) in [5.41, 5.74) is -1.39. The van der Waals surface area contributed by atoms with Crippen LogP contribution >= 0.6 is 0 Å². The van der Waals surface area contributed by atoms with Gasteiger partial charge in [-0.25, -0.2) is 4.79 Å². The molecule has 48 heavy (non-hydrogen) atoms. The lowest BCUT2D eigenvalue weighted by molar-refractivity contribution is -0.297. The number of methoxy groups -OCH3 is 1. The van der Waals surface area contributed by atoms with Crippen LogP contribution in [0.4, 0.5) is 4.79 Å². The first-order valence-corrected chi connectivity index (χ1v) is 17.4. The highest BCUT2D eigenvalue weighted by atomic mass is 16.7. The number of hydrogen-bond donors (Lipinski definition) is 0. The molecule has 0 aromatic heterocycles. The quantitative estimate of drug-likeness (QED) is 0.231. The van der Waals surface area contributed by atoms with Crippen molar-refractivity contribution in [3.05, 3.63) is 0 Å². The summed E-state index contributed by atoms with van der Waals surface area (Å²) < 4.78 is 37.3. The van der Waals surface area contributed by atoms with E-state index in [-0.39, 0.29) is 24.0 Å². The molecule has 0 aromatic rings. The summed E-state index contributed by atoms with van der Waals surface area (Å²) in [6, 6.07) is -0.667. The van der Waals surface area contributed by atoms with Crippen LogP contribution in [0.5, 0.6) is 0 Å². The molecule has 0 aliphatic carbocycles. The normalized spacial score (nSPS) is 42.8. The molecule has 4 aliphatic heterocycles. The number of ether oxygens (including phenoxy) is 6. The Labute approximate surface area is 285 Å². The second-order valence-electron chi connectivity index (χ2n) is 14.9. The minimum Gasteiger partial charge on any atom is -0.458 e. The van der Waals surface area contributed by atoms with Crippen molar-refractivity contribution in [1.29, 1.82) is 0 Å². The van der Waals surface area contributed by atoms with Crippen molar-refractivity contribution in [2.75, 3.05) is 34.3 Å². The number of carbonyl (C=O) groups excluding carboxylic acids is 4. The summed E-state index contributed by atoms with van der Waals surface area (Å²) >= 11 is 0. The number of aliphatic imine (C=N–C) groups is 1. The van der Waals surface area contributed by atoms with Gasteiger partial charge in [0, 0.05) is 38.1 Å². The zero-order valence-electron chi connectivity index (χ0n) is 30.8. The van der Waals surface area contributed by atoms with Crippen LogP contribution in [0.1, 0.15) is 81.6 Å². The Morgan fingerprint density at radius 3 is 2.33 bits per heavy atom. The number of rotatable bonds is 6. The van der Waals surface area contributed by atoms with Gasteiger partial charge in [0.15, 0.2) is 23.8 Å². The van der Waals surface area contributed by atoms with Crippen molar-refractivity contribution in [2.24, 2.45) is 28.7 Å². The maximum atomic E-state index is 14.3. The van der Waals surface area contributed by atoms with Crippen molar-refractivity contribution in [1.82, 2.24) is 9.80 Å². The molecule has 13 nitrogen and oxygen atoms in total. The van der Waals surface area contributed by atoms with Gasteiger partial charge >= 0.3 is 18.0 Å². The van der Waals surface area contributed by atoms with E-state index < -0.39 is 77.5 Å². The smallest absolute Gasteiger partial charge is 0.410 e. The van der Waals surface area contributed by atoms with E-state index in [0.29, 0.717) is 32.4 Å². The number of carbonyl (C=O) groups is 4. The van der Waals surface area contributed by atoms with Gasteiger partial charge in [0.25, 0.3) is 0 Å². The highest BCUT2D eigenvalue weighted by Crippen LogP contribution is 2.44. The van der Waals surface area contributed by atoms with Gasteiger partial charge in [-0.1, -0.05) is 27.7 Å². The standard InChI is InChI=1S/C35H57N3O10/c1-13-25-35(9)29-20(4)26(36-14-15-38(29)33(42)48-35)18(2)17-34(8,43-12)30(21(5)27(40)22(6)31(41)46-25)47-32-28(45-23(7)39)24(37(10)11)16-19(3)44-32/h18-22,24-25,28-30,32H,13-17H2,1-12H3/t18-,19-,20+,21+,22-,24+,25-,28-,29-,30-,32+,34-,35-/m1/s1. The number of ketones is 1. The van der Waals surface area contributed by atoms with Crippen molar-refractivity contribution >= 4 is 29.5 Å². The van der Waals surface area contributed by atoms with Crippen LogP contribution in [0, 0.1) is 23.7 Å². The number of nitrogens with zero attached hydrogens (tertiary/aromatic N) is 3. The molecule has 0 radical (unpaired) electrons. The maximum absolute atomic E-state index is 14.3. The van der Waals surface area contributed by atoms with Gasteiger partial charge in [-0.2, -0.15) is 0 Å². The van der Waals surface area contributed by atoms with Crippen LogP contribution in [-0.4, -0.2) is 128 Å². The van der Waals surface area contributed by atoms with E-state index in [0.717, 1.165) is 5.71 Å². The van der Waals surface area contributed by atoms with Gasteiger partial charge < -0.3 is 33.3 Å². The zero-order chi connectivity index (χ0) is 35.9. The summed E-state index contributed by atoms with van der Waals surface area (Å²) in [7, 11) is 5.39. The molecule has 2 bridgehead atoms. The molecule has 4 heterocycles. The van der Waals surface area contributed by atoms with Crippen molar-refractivity contribution in [3.63, 3.8) is 0 Å². The molecule has 3 fully saturated rings. The number of likely N-dealkylation sites (N-methyl/N-ethyl adjacent to an activating group) is 1. The van der Waals surface area contributed by atoms with Crippen LogP contribution in [0.15, 0.2) is 4.99 Å². The molecular formula is C35H57N3O10. The molecule has 0 saturated carbocycles. The fraction of sp³-hybridized carbons (Fsp3) is 0.857. The predicted molar refractivity (Wildman–Crippen MR) is 176 cm³/mol. The number of Topliss-reactive ketones (excluding diaryl/α,β-unsaturated/α-hetero) is 1. The van der Waals surface area contributed by atoms with E-state index in [9.17, 15) is 19.2 Å². The Balaban J connectivity index is 1.83. The van der Waals surface area contributed by atoms with Crippen LogP contribution in [0.3, 0.4) is 0 Å². The molecule has 3 saturated heterocycles. The van der Waals surface area contributed by atoms with Gasteiger partial charge in [0.2, 0.25) is 0 Å². The van der Waals surface area contributed by atoms with Crippen LogP contribution in [-0.2, 0) is 42.8 Å². The Kier molecular flexibility index (Phi) is 11.7. The molecule has 1 amide bonds. The van der Waals surface area contributed by atoms with Crippen LogP contribution in [0.25, 0.3) is 0 Å². The molecule has 4 rings (SSSR count). The van der Waals surface area contributed by atoms with Crippen molar-refractivity contribution < 1.29 is 47.6 Å². The second kappa shape index (κ2) is 14.7. The van der Waals surface area contributed by atoms with E-state index in [4.69, 9.17) is 33.4 Å². The molecule has 4 aliphatic rings. The summed E-state index contributed by atoms with van der Waals surface area (Å²) in [4.78, 5) is 62.3. The average molecular weight is 680 g/mol. The largest absolute Gasteiger partial charge is 0.458 e. The molecule has 13 atom stereocenters. The molecule has 13 heteroatoms. The Morgan fingerprint density at radius 1 is 1.08 bits per heavy atom. The van der Waals surface area contributed by atoms with Gasteiger partial charge in [-0.05, 0) is 67.0 Å². The first kappa shape index (κ1) is 38.2. The lowest BCUT2D eigenvalue weighted by atomic mass is 9.73. The van der Waals surface area contributed by atoms with Crippen molar-refractivity contribution in [3.8, 4) is 0 Å². The zero-order valence-corrected chi connectivity index (χ0v) is 30.8. The maximum Gasteiger partial charge on any atom is 0.410 e. The fourth-order valence-electron chi connectivity index (χ4n) is 8.61. The summed E-state index contributed by atoms with van der Waals surface area (Å²) in [5, 5.41) is 0. The summed E-state index contributed by atoms with van der Waals surface area (Å²) in [6.07, 6.45) is -2.88. The summed E-state index contributed by atoms with van der Waals surface area (Å²) in [5.74, 6) is -4.04. The van der Waals surface area contributed by atoms with Crippen LogP contribution < -0.4 is 0 Å². The molecule has 0 unspecified atom stereocenters. The Hall–Kier alpha value is -2.61. The highest BCUT2D eigenvalue weighted by molar-refractivity contribution is 6.00. The van der Waals surface area contributed by atoms with E-state index >= 15 is 0 Å². The van der Waals surface area contributed by atoms with Gasteiger partial charge in [0.05, 0.1) is 36.4 Å². The number of cyclic esters (lactones) is 1. The van der Waals surface area contributed by atoms with E-state index in [1.807, 2.05) is 53.6 Å². The SMILES string of the molecule is CC[C@H]1OC(=O)[C@H](C)C(=O)[C@H](C)[C@@H](O[C@@H]2O[C@H](C)C[C@H](N(C)C)[C@H]2OC(C)=O)[C@](C)(OC)C[C@@H](C)C2=NCCN3C(=O)O[C@@]1(C)[C@H]3[C@H]2C. The lowest BCUT2D eigenvalue weighted by Crippen LogP contribution is -2.60. The van der Waals surface area contributed by atoms with E-state index in [1.54, 1.807) is 18.9 Å². The first-order valence-electron chi connectivity index (χ1n) is 17.4. The third-order valence-corrected chi connectivity index (χ3v) is 11.1. The van der Waals surface area contributed by atoms with Gasteiger partial charge in [-0.15, -0.1) is 0 Å². The number of hydrogen-bond acceptors (Lipinski definition) is 12. The topological polar surface area (TPSA) is 142 Å². The number of esters is 2. The van der Waals surface area contributed by atoms with E-state index in [2.05, 4.69) is 6.92 Å². The molecule has 0 spiro atoms. The van der Waals surface area contributed by atoms with Gasteiger partial charge in [-0.3, -0.25) is 24.3 Å². The number of fused-ring (bicyclic) bond motifs is 1. The monoisotopic (exact) mass is 679 g/mol. The lowest BCUT2D eigenvalue weighted by Gasteiger charge is -2.48. The predicted octanol–water partition coefficient (Wildman–Crippen LogP) is 3.65. The Morgan fingerprint density at radius 2 is 1.75 bits per heavy atom. The van der Waals surface area contributed by atoms with E-state index in [1.165, 1.54) is 13.8 Å². The van der Waals surface area contributed by atoms with Crippen LogP contribution in [0.2, 0.25) is 0 Å². The van der Waals surface area contributed by atoms with Gasteiger partial charge in [0.1, 0.15) is 12.0 Å². The molecular weight excluding hydrogens is 622 g/mol. The minimum absolute atomic E-state index is 0.175. The Bertz CT molecular complexity index is 1260. The average Bonchev–Trinajstić information content (AvgIpc) is 3.14. The van der Waals surface area contributed by atoms with Crippen molar-refractivity contribution in [2.45, 2.75) is 136 Å². The molecule has 0 aromatic carbocycles. The highest BCUT2D eigenvalue weighted by Gasteiger charge is 2.60. The second-order valence-corrected chi connectivity index (χ2v) is 14.9. The first-order chi connectivity index (χ1) is 22.4. The number of amides is 1.